The van der Waals surface area contributed by atoms with E-state index in [1.54, 1.807) is 18.3 Å². The molecule has 1 aliphatic rings. The summed E-state index contributed by atoms with van der Waals surface area (Å²) in [4.78, 5) is 24.4. The number of aryl methyl sites for hydroxylation is 1. The minimum absolute atomic E-state index is 0.249. The molecule has 2 aromatic heterocycles. The molecule has 19 heavy (non-hydrogen) atoms. The molecule has 96 valence electrons. The zero-order valence-corrected chi connectivity index (χ0v) is 10.6. The standard InChI is InChI=1S/C14H14N4O/c1-9-2-5-13(15-7-9)18-14(19)12-6-11(10-3-4-10)16-8-17-12/h2,5-8,10H,3-4H2,1H3,(H,15,18,19). The Bertz CT molecular complexity index is 605. The van der Waals surface area contributed by atoms with Crippen LogP contribution >= 0.6 is 0 Å². The van der Waals surface area contributed by atoms with Crippen molar-refractivity contribution in [2.45, 2.75) is 25.7 Å². The largest absolute Gasteiger partial charge is 0.305 e. The second-order valence-electron chi connectivity index (χ2n) is 4.78. The third-order valence-corrected chi connectivity index (χ3v) is 3.07. The summed E-state index contributed by atoms with van der Waals surface area (Å²) in [7, 11) is 0. The average Bonchev–Trinajstić information content (AvgIpc) is 3.26. The molecule has 3 rings (SSSR count). The SMILES string of the molecule is Cc1ccc(NC(=O)c2cc(C3CC3)ncn2)nc1. The lowest BCUT2D eigenvalue weighted by Gasteiger charge is -2.05. The van der Waals surface area contributed by atoms with Crippen LogP contribution in [0.3, 0.4) is 0 Å². The molecular weight excluding hydrogens is 240 g/mol. The van der Waals surface area contributed by atoms with E-state index in [9.17, 15) is 4.79 Å². The predicted octanol–water partition coefficient (Wildman–Crippen LogP) is 2.31. The number of amides is 1. The number of carbonyl (C=O) groups is 1. The summed E-state index contributed by atoms with van der Waals surface area (Å²) in [5.41, 5.74) is 2.40. The Balaban J connectivity index is 1.76. The number of rotatable bonds is 3. The smallest absolute Gasteiger partial charge is 0.275 e. The van der Waals surface area contributed by atoms with Crippen molar-refractivity contribution in [1.82, 2.24) is 15.0 Å². The molecule has 0 bridgehead atoms. The molecule has 5 nitrogen and oxygen atoms in total. The molecule has 1 saturated carbocycles. The van der Waals surface area contributed by atoms with Crippen LogP contribution in [0, 0.1) is 6.92 Å². The van der Waals surface area contributed by atoms with E-state index in [0.717, 1.165) is 24.1 Å². The second kappa shape index (κ2) is 4.76. The van der Waals surface area contributed by atoms with Crippen LogP contribution in [0.25, 0.3) is 0 Å². The summed E-state index contributed by atoms with van der Waals surface area (Å²) in [6, 6.07) is 5.44. The third-order valence-electron chi connectivity index (χ3n) is 3.07. The molecule has 0 spiro atoms. The molecule has 1 N–H and O–H groups in total. The summed E-state index contributed by atoms with van der Waals surface area (Å²) in [5, 5.41) is 2.73. The van der Waals surface area contributed by atoms with E-state index in [0.29, 0.717) is 17.4 Å². The fraction of sp³-hybridized carbons (Fsp3) is 0.286. The Morgan fingerprint density at radius 2 is 2.11 bits per heavy atom. The van der Waals surface area contributed by atoms with Crippen molar-refractivity contribution in [3.8, 4) is 0 Å². The molecule has 2 heterocycles. The Labute approximate surface area is 111 Å². The van der Waals surface area contributed by atoms with Crippen molar-refractivity contribution < 1.29 is 4.79 Å². The van der Waals surface area contributed by atoms with Gasteiger partial charge in [0.15, 0.2) is 0 Å². The minimum Gasteiger partial charge on any atom is -0.305 e. The second-order valence-corrected chi connectivity index (χ2v) is 4.78. The Morgan fingerprint density at radius 3 is 2.79 bits per heavy atom. The van der Waals surface area contributed by atoms with Gasteiger partial charge in [-0.2, -0.15) is 0 Å². The molecule has 0 radical (unpaired) electrons. The van der Waals surface area contributed by atoms with Gasteiger partial charge in [-0.1, -0.05) is 6.07 Å². The molecule has 0 aromatic carbocycles. The number of hydrogen-bond acceptors (Lipinski definition) is 4. The van der Waals surface area contributed by atoms with Crippen molar-refractivity contribution in [1.29, 1.82) is 0 Å². The summed E-state index contributed by atoms with van der Waals surface area (Å²) >= 11 is 0. The van der Waals surface area contributed by atoms with E-state index in [2.05, 4.69) is 20.3 Å². The highest BCUT2D eigenvalue weighted by molar-refractivity contribution is 6.02. The Morgan fingerprint density at radius 1 is 1.26 bits per heavy atom. The van der Waals surface area contributed by atoms with Gasteiger partial charge in [0.05, 0.1) is 0 Å². The van der Waals surface area contributed by atoms with Gasteiger partial charge in [-0.15, -0.1) is 0 Å². The number of aromatic nitrogens is 3. The fourth-order valence-electron chi connectivity index (χ4n) is 1.82. The van der Waals surface area contributed by atoms with Gasteiger partial charge in [0.1, 0.15) is 17.8 Å². The van der Waals surface area contributed by atoms with Gasteiger partial charge in [0.25, 0.3) is 5.91 Å². The molecule has 1 fully saturated rings. The van der Waals surface area contributed by atoms with Crippen LogP contribution in [0.1, 0.15) is 40.5 Å². The van der Waals surface area contributed by atoms with Crippen molar-refractivity contribution in [3.05, 3.63) is 47.7 Å². The van der Waals surface area contributed by atoms with E-state index in [4.69, 9.17) is 0 Å². The third kappa shape index (κ3) is 2.76. The normalized spacial score (nSPS) is 14.2. The predicted molar refractivity (Wildman–Crippen MR) is 70.9 cm³/mol. The number of nitrogens with zero attached hydrogens (tertiary/aromatic N) is 3. The van der Waals surface area contributed by atoms with Gasteiger partial charge < -0.3 is 5.32 Å². The van der Waals surface area contributed by atoms with Crippen molar-refractivity contribution in [2.75, 3.05) is 5.32 Å². The first-order valence-electron chi connectivity index (χ1n) is 6.28. The number of nitrogens with one attached hydrogen (secondary N) is 1. The number of hydrogen-bond donors (Lipinski definition) is 1. The summed E-state index contributed by atoms with van der Waals surface area (Å²) in [6.45, 7) is 1.95. The van der Waals surface area contributed by atoms with E-state index in [1.165, 1.54) is 6.33 Å². The van der Waals surface area contributed by atoms with Crippen LogP contribution in [0.5, 0.6) is 0 Å². The topological polar surface area (TPSA) is 67.8 Å². The average molecular weight is 254 g/mol. The highest BCUT2D eigenvalue weighted by Crippen LogP contribution is 2.38. The van der Waals surface area contributed by atoms with Gasteiger partial charge >= 0.3 is 0 Å². The van der Waals surface area contributed by atoms with Gasteiger partial charge in [-0.05, 0) is 37.5 Å². The first-order chi connectivity index (χ1) is 9.22. The molecule has 2 aromatic rings. The van der Waals surface area contributed by atoms with Crippen LogP contribution in [0.4, 0.5) is 5.82 Å². The van der Waals surface area contributed by atoms with Crippen molar-refractivity contribution in [2.24, 2.45) is 0 Å². The molecule has 5 heteroatoms. The molecular formula is C14H14N4O. The molecule has 0 unspecified atom stereocenters. The fourth-order valence-corrected chi connectivity index (χ4v) is 1.82. The highest BCUT2D eigenvalue weighted by Gasteiger charge is 2.25. The van der Waals surface area contributed by atoms with E-state index >= 15 is 0 Å². The van der Waals surface area contributed by atoms with E-state index < -0.39 is 0 Å². The van der Waals surface area contributed by atoms with Crippen LogP contribution in [-0.4, -0.2) is 20.9 Å². The highest BCUT2D eigenvalue weighted by atomic mass is 16.1. The first kappa shape index (κ1) is 11.8. The van der Waals surface area contributed by atoms with Gasteiger partial charge in [0.2, 0.25) is 0 Å². The van der Waals surface area contributed by atoms with Gasteiger partial charge in [-0.3, -0.25) is 4.79 Å². The monoisotopic (exact) mass is 254 g/mol. The first-order valence-corrected chi connectivity index (χ1v) is 6.28. The zero-order chi connectivity index (χ0) is 13.2. The van der Waals surface area contributed by atoms with Gasteiger partial charge in [-0.25, -0.2) is 15.0 Å². The van der Waals surface area contributed by atoms with Crippen LogP contribution in [-0.2, 0) is 0 Å². The molecule has 0 saturated heterocycles. The molecule has 0 atom stereocenters. The van der Waals surface area contributed by atoms with Crippen LogP contribution in [0.2, 0.25) is 0 Å². The van der Waals surface area contributed by atoms with Crippen LogP contribution in [0.15, 0.2) is 30.7 Å². The van der Waals surface area contributed by atoms with Crippen molar-refractivity contribution >= 4 is 11.7 Å². The van der Waals surface area contributed by atoms with E-state index in [-0.39, 0.29) is 5.91 Å². The summed E-state index contributed by atoms with van der Waals surface area (Å²) < 4.78 is 0. The summed E-state index contributed by atoms with van der Waals surface area (Å²) in [5.74, 6) is 0.787. The Hall–Kier alpha value is -2.30. The Kier molecular flexibility index (Phi) is 2.95. The zero-order valence-electron chi connectivity index (χ0n) is 10.6. The maximum absolute atomic E-state index is 12.1. The summed E-state index contributed by atoms with van der Waals surface area (Å²) in [6.07, 6.45) is 5.46. The molecule has 1 aliphatic carbocycles. The minimum atomic E-state index is -0.249. The maximum atomic E-state index is 12.1. The lowest BCUT2D eigenvalue weighted by atomic mass is 10.2. The maximum Gasteiger partial charge on any atom is 0.275 e. The quantitative estimate of drug-likeness (QED) is 0.912. The lowest BCUT2D eigenvalue weighted by molar-refractivity contribution is 0.102. The number of carbonyl (C=O) groups excluding carboxylic acids is 1. The van der Waals surface area contributed by atoms with Crippen molar-refractivity contribution in [3.63, 3.8) is 0 Å². The van der Waals surface area contributed by atoms with Gasteiger partial charge in [0, 0.05) is 17.8 Å². The molecule has 1 amide bonds. The number of pyridine rings is 1. The lowest BCUT2D eigenvalue weighted by Crippen LogP contribution is -2.15. The molecule has 0 aliphatic heterocycles. The van der Waals surface area contributed by atoms with E-state index in [1.807, 2.05) is 13.0 Å². The van der Waals surface area contributed by atoms with Crippen LogP contribution < -0.4 is 5.32 Å². The number of anilines is 1.